The first-order chi connectivity index (χ1) is 57.3. The number of aliphatic carboxylic acids is 3. The van der Waals surface area contributed by atoms with E-state index in [2.05, 4.69) is 120 Å². The Kier molecular flexibility index (Phi) is 36.3. The van der Waals surface area contributed by atoms with Crippen LogP contribution in [-0.2, 0) is 74.8 Å². The van der Waals surface area contributed by atoms with Crippen molar-refractivity contribution >= 4 is 222 Å². The fourth-order valence-electron chi connectivity index (χ4n) is 27.5. The van der Waals surface area contributed by atoms with E-state index in [0.717, 1.165) is 145 Å². The number of alkyl halides is 1. The first-order valence-electron chi connectivity index (χ1n) is 42.0. The third kappa shape index (κ3) is 25.4. The molecule has 0 saturated heterocycles. The van der Waals surface area contributed by atoms with Gasteiger partial charge in [0.2, 0.25) is 11.1 Å². The number of carboxylic acids is 3. The number of halogens is 14. The van der Waals surface area contributed by atoms with Gasteiger partial charge in [-0.2, -0.15) is 42.2 Å². The molecule has 2 aromatic heterocycles. The molecule has 0 spiro atoms. The predicted molar refractivity (Wildman–Crippen MR) is 509 cm³/mol. The van der Waals surface area contributed by atoms with Gasteiger partial charge < -0.3 is 30.9 Å². The van der Waals surface area contributed by atoms with Gasteiger partial charge in [-0.25, -0.2) is 0 Å². The molecule has 122 heavy (non-hydrogen) atoms. The number of amides is 1. The van der Waals surface area contributed by atoms with E-state index in [1.807, 2.05) is 91.0 Å². The standard InChI is InChI=1S/C23H25ClN2O.C17H18Cl2O.C17H19ClO2.C11H15BrO2.C11H16O2.C6H5Cl.C6H8N2.Al.4BrH.ClHO2S.3ClH.Fe/c24-20-3-1-19(2-4-20)22-10-17-9-18(11-22)13-23(12-17,15-22)21(27)26-14-16-5-7-25-8-6-16;2*18-14-3-1-13(2-4-14)16-6-11-5-12(7-16)9-17(8-11,10-16)15(19)20;12-11-4-7-1-8(5-11)3-10(2-7,6-11)9(13)14;12-10(13)11-4-7-1-8(5-11)3-9(2-7)6-11;7-6-4-2-1-3-5-6;7-5-6-1-3-8-4-2-6;;;;;;1-4(2)3;;;;/h1-8,17-18H,9-15H2,(H,26,27);1-4,11-12H,5-10H2;1-4,11-12H,5-10H2,(H,19,20);7-8H,1-6H2,(H,13,14);7-9H,1-6H2,(H,12,13);1-5H;1-4H,5,7H2;;4*1H;(H,2,3);3*1H;/q;;;;;;;+3;;;;;;;;;+3/p-7. The van der Waals surface area contributed by atoms with E-state index in [-0.39, 0.29) is 70.4 Å². The number of aromatic nitrogens is 2. The summed E-state index contributed by atoms with van der Waals surface area (Å²) in [6, 6.07) is 42.0. The van der Waals surface area contributed by atoms with Crippen molar-refractivity contribution in [3.63, 3.8) is 0 Å². The van der Waals surface area contributed by atoms with Gasteiger partial charge in [0.25, 0.3) is 0 Å². The Balaban J connectivity index is 0.000000140. The van der Waals surface area contributed by atoms with Crippen LogP contribution in [0.3, 0.4) is 0 Å². The predicted octanol–water partition coefficient (Wildman–Crippen LogP) is 26.9. The molecule has 6 N–H and O–H groups in total. The van der Waals surface area contributed by atoms with Crippen LogP contribution in [0.15, 0.2) is 152 Å². The molecule has 9 atom stereocenters. The van der Waals surface area contributed by atoms with E-state index >= 15 is 0 Å². The van der Waals surface area contributed by atoms with Crippen molar-refractivity contribution in [1.29, 1.82) is 0 Å². The quantitative estimate of drug-likeness (QED) is 0.0351. The average molecular weight is 2250 g/mol. The zero-order valence-electron chi connectivity index (χ0n) is 67.7. The second-order valence-corrected chi connectivity index (χ2v) is 68.5. The van der Waals surface area contributed by atoms with Crippen molar-refractivity contribution in [2.75, 3.05) is 0 Å². The van der Waals surface area contributed by atoms with Crippen LogP contribution < -0.4 is 11.1 Å². The van der Waals surface area contributed by atoms with Gasteiger partial charge in [-0.3, -0.25) is 38.1 Å². The number of rotatable bonds is 11. The van der Waals surface area contributed by atoms with E-state index in [1.165, 1.54) is 113 Å². The topological polar surface area (TPSA) is 250 Å². The molecule has 9 unspecified atom stereocenters. The van der Waals surface area contributed by atoms with Crippen LogP contribution in [0.25, 0.3) is 0 Å². The Morgan fingerprint density at radius 1 is 0.434 bits per heavy atom. The summed E-state index contributed by atoms with van der Waals surface area (Å²) < 4.78 is 17.7. The van der Waals surface area contributed by atoms with Crippen molar-refractivity contribution in [3.8, 4) is 0 Å². The summed E-state index contributed by atoms with van der Waals surface area (Å²) in [5, 5.41) is 34.7. The van der Waals surface area contributed by atoms with Crippen LogP contribution >= 0.6 is 174 Å². The molecule has 6 aromatic rings. The minimum absolute atomic E-state index is 0. The summed E-state index contributed by atoms with van der Waals surface area (Å²) >= 11 is 41.9. The van der Waals surface area contributed by atoms with E-state index in [0.29, 0.717) is 60.4 Å². The van der Waals surface area contributed by atoms with Crippen LogP contribution in [0.2, 0.25) is 20.1 Å². The molecule has 20 fully saturated rings. The molecule has 20 aliphatic carbocycles. The minimum atomic E-state index is -2.39. The summed E-state index contributed by atoms with van der Waals surface area (Å²) in [7, 11) is 15.8. The second-order valence-electron chi connectivity index (χ2n) is 38.4. The molecule has 2 heterocycles. The molecule has 31 heteroatoms. The number of carbonyl (C=O) groups is 5. The van der Waals surface area contributed by atoms with E-state index in [4.69, 9.17) is 103 Å². The molecule has 20 aliphatic rings. The maximum atomic E-state index is 13.3. The van der Waals surface area contributed by atoms with Gasteiger partial charge in [-0.15, -0.1) is 17.0 Å². The molecule has 14 nitrogen and oxygen atoms in total. The van der Waals surface area contributed by atoms with Gasteiger partial charge in [0.05, 0.1) is 21.7 Å². The molecule has 4 aromatic carbocycles. The Hall–Kier alpha value is -1.14. The van der Waals surface area contributed by atoms with Crippen molar-refractivity contribution in [1.82, 2.24) is 15.3 Å². The third-order valence-corrected chi connectivity index (χ3v) is 32.1. The number of hydrogen-bond acceptors (Lipinski definition) is 10. The number of carboxylic acid groups (broad SMARTS) is 3. The van der Waals surface area contributed by atoms with Crippen molar-refractivity contribution in [3.05, 3.63) is 200 Å². The molecule has 20 saturated carbocycles. The first-order valence-corrected chi connectivity index (χ1v) is 60.7. The number of nitrogens with zero attached hydrogens (tertiary/aromatic N) is 2. The SMILES string of the molecule is Br.Clc1ccccc1.NCc1ccncc1.O=C(Cl)C12CC3CC(C1)CC(c1ccc(Cl)cc1)(C3)C2.O=C(NCc1ccncc1)C12CC3CC(C1)CC(c1ccc(Cl)cc1)(C3)C2.O=C(O)C12CC3CC(C1)CC(c1ccc(Cl)cc1)(C3)C2.O=C(O)C12CC3CC(CC(Br)(C3)C1)C2.O=C(O)C12CC3CC(CC(C3)C1)C2.O=S([O-])Cl.[Br][Al]([Br])[Br].[Cl][Fe]([Cl])[Cl]. The molecule has 20 bridgehead atoms. The van der Waals surface area contributed by atoms with E-state index < -0.39 is 53.5 Å². The zero-order valence-corrected chi connectivity index (χ0v) is 85.7. The number of nitrogens with one attached hydrogen (secondary N) is 1. The number of hydrogen-bond donors (Lipinski definition) is 5. The van der Waals surface area contributed by atoms with E-state index in [9.17, 15) is 39.3 Å². The fraction of sp³-hybridized carbons (Fsp3) is 0.571. The monoisotopic (exact) mass is 2240 g/mol. The molecule has 0 radical (unpaired) electrons. The number of benzene rings is 4. The first kappa shape index (κ1) is 101. The number of pyridine rings is 2. The van der Waals surface area contributed by atoms with Crippen molar-refractivity contribution < 1.29 is 59.2 Å². The summed E-state index contributed by atoms with van der Waals surface area (Å²) in [4.78, 5) is 67.8. The van der Waals surface area contributed by atoms with Crippen LogP contribution in [0, 0.1) is 92.2 Å². The van der Waals surface area contributed by atoms with Crippen LogP contribution in [0.4, 0.5) is 0 Å². The Morgan fingerprint density at radius 2 is 0.697 bits per heavy atom. The van der Waals surface area contributed by atoms with Crippen LogP contribution in [-0.4, -0.2) is 76.1 Å². The fourth-order valence-corrected chi connectivity index (χ4v) is 29.7. The summed E-state index contributed by atoms with van der Waals surface area (Å²) in [6.07, 6.45) is 40.1. The van der Waals surface area contributed by atoms with Gasteiger partial charge >= 0.3 is 68.0 Å². The molecular formula is C91H107AlBr5Cl9FeN4O10S-. The average Bonchev–Trinajstić information content (AvgIpc) is 0.721. The molecule has 667 valence electrons. The van der Waals surface area contributed by atoms with Gasteiger partial charge in [0, 0.05) is 78.0 Å². The Labute approximate surface area is 811 Å². The summed E-state index contributed by atoms with van der Waals surface area (Å²) in [5.41, 5.74) is 10.5. The van der Waals surface area contributed by atoms with Crippen LogP contribution in [0.5, 0.6) is 0 Å². The Bertz CT molecular complexity index is 4350. The molecule has 0 aliphatic heterocycles. The Morgan fingerprint density at radius 3 is 0.984 bits per heavy atom. The van der Waals surface area contributed by atoms with Gasteiger partial charge in [-0.1, -0.05) is 117 Å². The van der Waals surface area contributed by atoms with Crippen molar-refractivity contribution in [2.24, 2.45) is 97.9 Å². The van der Waals surface area contributed by atoms with Crippen molar-refractivity contribution in [2.45, 2.75) is 226 Å². The number of nitrogens with two attached hydrogens (primary N) is 1. The van der Waals surface area contributed by atoms with Gasteiger partial charge in [-0.05, 0) is 397 Å². The van der Waals surface area contributed by atoms with Gasteiger partial charge in [0.15, 0.2) is 0 Å². The van der Waals surface area contributed by atoms with E-state index in [1.54, 1.807) is 24.8 Å². The maximum absolute atomic E-state index is 13.3. The summed E-state index contributed by atoms with van der Waals surface area (Å²) in [5.74, 6) is 6.14. The normalized spacial score (nSPS) is 35.3. The summed E-state index contributed by atoms with van der Waals surface area (Å²) in [6.45, 7) is 1.19. The van der Waals surface area contributed by atoms with Crippen LogP contribution in [0.1, 0.15) is 220 Å². The third-order valence-electron chi connectivity index (χ3n) is 29.8. The van der Waals surface area contributed by atoms with Gasteiger partial charge in [0.1, 0.15) is 0 Å². The second kappa shape index (κ2) is 43.7. The number of carbonyl (C=O) groups excluding carboxylic acids is 2. The zero-order chi connectivity index (χ0) is 87.1. The molecule has 1 amide bonds. The molecule has 26 rings (SSSR count). The molecular weight excluding hydrogens is 2140 g/mol.